The Morgan fingerprint density at radius 1 is 1.21 bits per heavy atom. The minimum absolute atomic E-state index is 0.0363. The third-order valence-corrected chi connectivity index (χ3v) is 8.92. The maximum Gasteiger partial charge on any atom is 0.315 e. The number of carbonyl (C=O) groups is 1. The molecule has 1 aromatic rings. The minimum atomic E-state index is -0.434. The van der Waals surface area contributed by atoms with Crippen molar-refractivity contribution in [3.05, 3.63) is 40.5 Å². The summed E-state index contributed by atoms with van der Waals surface area (Å²) < 4.78 is 5.29. The highest BCUT2D eigenvalue weighted by Gasteiger charge is 2.59. The molecule has 0 unspecified atom stereocenters. The van der Waals surface area contributed by atoms with Crippen molar-refractivity contribution < 1.29 is 9.53 Å². The minimum Gasteiger partial charge on any atom is -0.468 e. The first kappa shape index (κ1) is 18.3. The number of carbonyl (C=O) groups excluding carboxylic acids is 1. The van der Waals surface area contributed by atoms with Gasteiger partial charge in [0.15, 0.2) is 0 Å². The van der Waals surface area contributed by atoms with Gasteiger partial charge in [0.2, 0.25) is 0 Å². The quantitative estimate of drug-likeness (QED) is 0.510. The second-order valence-electron chi connectivity index (χ2n) is 10.3. The maximum atomic E-state index is 12.8. The van der Waals surface area contributed by atoms with Crippen LogP contribution < -0.4 is 5.32 Å². The Balaban J connectivity index is 1.67. The number of benzene rings is 1. The van der Waals surface area contributed by atoms with Gasteiger partial charge in [0, 0.05) is 23.6 Å². The molecule has 6 atom stereocenters. The van der Waals surface area contributed by atoms with Gasteiger partial charge in [0.05, 0.1) is 12.5 Å². The molecule has 1 aromatic carbocycles. The Hall–Kier alpha value is -1.77. The van der Waals surface area contributed by atoms with Gasteiger partial charge in [-0.25, -0.2) is 0 Å². The number of rotatable bonds is 1. The van der Waals surface area contributed by atoms with E-state index in [1.54, 1.807) is 12.7 Å². The Bertz CT molecular complexity index is 887. The average molecular weight is 380 g/mol. The van der Waals surface area contributed by atoms with Crippen LogP contribution in [0.3, 0.4) is 0 Å². The number of hydrogen-bond donors (Lipinski definition) is 1. The van der Waals surface area contributed by atoms with Crippen molar-refractivity contribution in [1.29, 1.82) is 0 Å². The fraction of sp³-hybridized carbons (Fsp3) is 0.640. The molecule has 3 nitrogen and oxygen atoms in total. The van der Waals surface area contributed by atoms with Crippen LogP contribution in [0.2, 0.25) is 0 Å². The first-order valence-corrected chi connectivity index (χ1v) is 11.0. The molecule has 28 heavy (non-hydrogen) atoms. The molecule has 0 bridgehead atoms. The van der Waals surface area contributed by atoms with E-state index < -0.39 is 5.41 Å². The second kappa shape index (κ2) is 5.87. The van der Waals surface area contributed by atoms with Gasteiger partial charge in [0.1, 0.15) is 0 Å². The maximum absolute atomic E-state index is 12.8. The van der Waals surface area contributed by atoms with Gasteiger partial charge in [0.25, 0.3) is 0 Å². The number of nitrogens with one attached hydrogen (secondary N) is 1. The topological polar surface area (TPSA) is 38.3 Å². The molecule has 5 rings (SSSR count). The highest BCUT2D eigenvalue weighted by molar-refractivity contribution is 5.81. The fourth-order valence-electron chi connectivity index (χ4n) is 7.17. The summed E-state index contributed by atoms with van der Waals surface area (Å²) in [6.07, 6.45) is 5.41. The summed E-state index contributed by atoms with van der Waals surface area (Å²) in [5, 5.41) is 3.90. The second-order valence-corrected chi connectivity index (χ2v) is 10.3. The Kier molecular flexibility index (Phi) is 3.83. The molecule has 0 aromatic heterocycles. The van der Waals surface area contributed by atoms with Gasteiger partial charge >= 0.3 is 5.97 Å². The summed E-state index contributed by atoms with van der Waals surface area (Å²) in [5.41, 5.74) is 6.99. The van der Waals surface area contributed by atoms with E-state index in [1.807, 2.05) is 0 Å². The summed E-state index contributed by atoms with van der Waals surface area (Å²) in [4.78, 5) is 12.8. The normalized spacial score (nSPS) is 40.9. The van der Waals surface area contributed by atoms with Crippen molar-refractivity contribution >= 4 is 11.7 Å². The number of ether oxygens (including phenoxy) is 1. The van der Waals surface area contributed by atoms with Crippen LogP contribution in [0.4, 0.5) is 5.69 Å². The van der Waals surface area contributed by atoms with Crippen molar-refractivity contribution in [2.24, 2.45) is 22.7 Å². The third kappa shape index (κ3) is 2.19. The van der Waals surface area contributed by atoms with E-state index in [4.69, 9.17) is 4.74 Å². The number of aryl methyl sites for hydroxylation is 1. The molecule has 0 amide bonds. The lowest BCUT2D eigenvalue weighted by molar-refractivity contribution is -0.151. The number of fused-ring (bicyclic) bond motifs is 4. The predicted molar refractivity (Wildman–Crippen MR) is 112 cm³/mol. The molecule has 3 aliphatic carbocycles. The standard InChI is InChI=1S/C25H33NO2/c1-14-6-9-20-17(12-14)18-13-25(4)15(2)7-8-19-21(25)16(22(18)26-20)10-11-24(19,3)23(27)28-5/h6,9,12,15-16,18,22,26H,7-8,10-11,13H2,1-5H3/t15-,16-,18-,22-,24+,25+/m1/s1. The van der Waals surface area contributed by atoms with Gasteiger partial charge in [-0.05, 0) is 68.9 Å². The molecule has 4 aliphatic rings. The van der Waals surface area contributed by atoms with E-state index in [0.29, 0.717) is 23.8 Å². The van der Waals surface area contributed by atoms with E-state index in [9.17, 15) is 4.79 Å². The van der Waals surface area contributed by atoms with Crippen molar-refractivity contribution in [2.45, 2.75) is 71.8 Å². The van der Waals surface area contributed by atoms with E-state index in [1.165, 1.54) is 35.2 Å². The van der Waals surface area contributed by atoms with E-state index in [0.717, 1.165) is 19.3 Å². The van der Waals surface area contributed by atoms with Crippen LogP contribution >= 0.6 is 0 Å². The van der Waals surface area contributed by atoms with E-state index in [2.05, 4.69) is 51.2 Å². The summed E-state index contributed by atoms with van der Waals surface area (Å²) in [5.74, 6) is 1.74. The number of esters is 1. The zero-order valence-electron chi connectivity index (χ0n) is 17.9. The summed E-state index contributed by atoms with van der Waals surface area (Å²) in [7, 11) is 1.55. The Labute approximate surface area is 168 Å². The van der Waals surface area contributed by atoms with Crippen molar-refractivity contribution in [1.82, 2.24) is 0 Å². The Morgan fingerprint density at radius 3 is 2.75 bits per heavy atom. The third-order valence-electron chi connectivity index (χ3n) is 8.92. The van der Waals surface area contributed by atoms with Gasteiger partial charge in [-0.15, -0.1) is 0 Å². The van der Waals surface area contributed by atoms with Crippen LogP contribution in [0.1, 0.15) is 69.9 Å². The molecule has 1 N–H and O–H groups in total. The fourth-order valence-corrected chi connectivity index (χ4v) is 7.17. The van der Waals surface area contributed by atoms with Crippen LogP contribution in [-0.2, 0) is 9.53 Å². The van der Waals surface area contributed by atoms with Crippen molar-refractivity contribution in [3.63, 3.8) is 0 Å². The lowest BCUT2D eigenvalue weighted by atomic mass is 9.47. The largest absolute Gasteiger partial charge is 0.468 e. The molecular weight excluding hydrogens is 346 g/mol. The summed E-state index contributed by atoms with van der Waals surface area (Å²) in [6, 6.07) is 7.37. The zero-order valence-corrected chi connectivity index (χ0v) is 17.9. The molecule has 0 spiro atoms. The van der Waals surface area contributed by atoms with Gasteiger partial charge in [-0.3, -0.25) is 4.79 Å². The van der Waals surface area contributed by atoms with E-state index in [-0.39, 0.29) is 11.4 Å². The van der Waals surface area contributed by atoms with Crippen LogP contribution in [0, 0.1) is 29.6 Å². The van der Waals surface area contributed by atoms with Gasteiger partial charge < -0.3 is 10.1 Å². The lowest BCUT2D eigenvalue weighted by Gasteiger charge is -2.58. The Morgan fingerprint density at radius 2 is 2.00 bits per heavy atom. The molecule has 1 fully saturated rings. The predicted octanol–water partition coefficient (Wildman–Crippen LogP) is 5.60. The molecule has 1 heterocycles. The van der Waals surface area contributed by atoms with Crippen LogP contribution in [0.5, 0.6) is 0 Å². The average Bonchev–Trinajstić information content (AvgIpc) is 3.03. The van der Waals surface area contributed by atoms with Crippen LogP contribution in [0.25, 0.3) is 0 Å². The molecule has 0 radical (unpaired) electrons. The van der Waals surface area contributed by atoms with Crippen LogP contribution in [0.15, 0.2) is 29.3 Å². The number of hydrogen-bond acceptors (Lipinski definition) is 3. The molecule has 1 saturated carbocycles. The van der Waals surface area contributed by atoms with Gasteiger partial charge in [-0.1, -0.05) is 42.7 Å². The van der Waals surface area contributed by atoms with Crippen molar-refractivity contribution in [3.8, 4) is 0 Å². The first-order chi connectivity index (χ1) is 13.3. The SMILES string of the molecule is COC(=O)[C@@]1(C)CC[C@@H]2C3=C1CC[C@@H](C)[C@]3(C)C[C@@H]1c3cc(C)ccc3N[C@H]21. The number of methoxy groups -OCH3 is 1. The monoisotopic (exact) mass is 379 g/mol. The van der Waals surface area contributed by atoms with Crippen molar-refractivity contribution in [2.75, 3.05) is 12.4 Å². The summed E-state index contributed by atoms with van der Waals surface area (Å²) in [6.45, 7) is 9.27. The highest BCUT2D eigenvalue weighted by atomic mass is 16.5. The van der Waals surface area contributed by atoms with Crippen LogP contribution in [-0.4, -0.2) is 19.1 Å². The summed E-state index contributed by atoms with van der Waals surface area (Å²) >= 11 is 0. The molecule has 150 valence electrons. The number of anilines is 1. The highest BCUT2D eigenvalue weighted by Crippen LogP contribution is 2.66. The lowest BCUT2D eigenvalue weighted by Crippen LogP contribution is -2.53. The molecule has 1 aliphatic heterocycles. The zero-order chi connectivity index (χ0) is 19.8. The molecule has 3 heteroatoms. The first-order valence-electron chi connectivity index (χ1n) is 11.0. The van der Waals surface area contributed by atoms with Gasteiger partial charge in [-0.2, -0.15) is 0 Å². The smallest absolute Gasteiger partial charge is 0.315 e. The molecule has 0 saturated heterocycles. The van der Waals surface area contributed by atoms with E-state index >= 15 is 0 Å². The molecular formula is C25H33NO2.